The largest absolute Gasteiger partial charge is 0.428 e. The van der Waals surface area contributed by atoms with E-state index in [9.17, 15) is 16.8 Å². The molecule has 5 nitrogen and oxygen atoms in total. The second kappa shape index (κ2) is 6.85. The summed E-state index contributed by atoms with van der Waals surface area (Å²) in [6.07, 6.45) is 5.66. The van der Waals surface area contributed by atoms with Gasteiger partial charge in [-0.25, -0.2) is 16.8 Å². The monoisotopic (exact) mass is 308 g/mol. The molecule has 7 heteroatoms. The van der Waals surface area contributed by atoms with Crippen molar-refractivity contribution in [3.63, 3.8) is 0 Å². The third kappa shape index (κ3) is 4.29. The van der Waals surface area contributed by atoms with Gasteiger partial charge in [0.25, 0.3) is 0 Å². The van der Waals surface area contributed by atoms with Crippen molar-refractivity contribution in [2.45, 2.75) is 65.2 Å². The number of nitrogens with zero attached hydrogens (tertiary/aromatic N) is 1. The van der Waals surface area contributed by atoms with Crippen LogP contribution in [0, 0.1) is 0 Å². The van der Waals surface area contributed by atoms with Crippen molar-refractivity contribution in [1.82, 2.24) is 0 Å². The molecule has 0 N–H and O–H groups in total. The molecule has 0 atom stereocenters. The molecule has 112 valence electrons. The van der Waals surface area contributed by atoms with E-state index in [4.69, 9.17) is 0 Å². The molecule has 0 radical (unpaired) electrons. The lowest BCUT2D eigenvalue weighted by Crippen LogP contribution is -1.98. The van der Waals surface area contributed by atoms with Gasteiger partial charge >= 0.3 is 0 Å². The summed E-state index contributed by atoms with van der Waals surface area (Å²) in [5, 5.41) is 0. The molecule has 1 heterocycles. The zero-order valence-corrected chi connectivity index (χ0v) is 13.2. The van der Waals surface area contributed by atoms with Gasteiger partial charge in [0.1, 0.15) is 20.0 Å². The molecule has 1 rings (SSSR count). The summed E-state index contributed by atoms with van der Waals surface area (Å²) in [6, 6.07) is 0. The summed E-state index contributed by atoms with van der Waals surface area (Å²) >= 11 is 0. The number of hydrogen-bond acceptors (Lipinski definition) is 4. The summed E-state index contributed by atoms with van der Waals surface area (Å²) in [5.74, 6) is 0. The average molecular weight is 308 g/mol. The molecule has 1 aliphatic heterocycles. The van der Waals surface area contributed by atoms with Crippen LogP contribution in [0.3, 0.4) is 0 Å². The first kappa shape index (κ1) is 16.7. The van der Waals surface area contributed by atoms with Crippen LogP contribution < -0.4 is 0 Å². The maximum Gasteiger partial charge on any atom is 0.109 e. The van der Waals surface area contributed by atoms with Gasteiger partial charge in [-0.05, 0) is 25.7 Å². The normalized spacial score (nSPS) is 20.9. The topological polar surface area (TPSA) is 82.4 Å². The predicted octanol–water partition coefficient (Wildman–Crippen LogP) is 3.41. The summed E-state index contributed by atoms with van der Waals surface area (Å²) in [7, 11) is -7.89. The van der Waals surface area contributed by atoms with Crippen molar-refractivity contribution >= 4 is 20.0 Å². The van der Waals surface area contributed by atoms with Crippen LogP contribution in [0.4, 0.5) is 0 Å². The molecular formula is C12H22NO4S2-. The van der Waals surface area contributed by atoms with Gasteiger partial charge in [-0.2, -0.15) is 0 Å². The van der Waals surface area contributed by atoms with Crippen LogP contribution in [0.15, 0.2) is 9.81 Å². The smallest absolute Gasteiger partial charge is 0.109 e. The van der Waals surface area contributed by atoms with Gasteiger partial charge in [-0.3, -0.25) is 0 Å². The summed E-state index contributed by atoms with van der Waals surface area (Å²) in [4.78, 5) is 0.0779. The van der Waals surface area contributed by atoms with Gasteiger partial charge in [-0.15, -0.1) is 0 Å². The van der Waals surface area contributed by atoms with Crippen molar-refractivity contribution in [3.05, 3.63) is 13.9 Å². The van der Waals surface area contributed by atoms with E-state index in [-0.39, 0.29) is 9.81 Å². The third-order valence-electron chi connectivity index (χ3n) is 3.14. The molecule has 0 aromatic heterocycles. The first-order valence-electron chi connectivity index (χ1n) is 6.81. The van der Waals surface area contributed by atoms with Crippen LogP contribution in [0.2, 0.25) is 0 Å². The number of allylic oxidation sites excluding steroid dienone is 2. The van der Waals surface area contributed by atoms with Gasteiger partial charge in [0, 0.05) is 9.81 Å². The Morgan fingerprint density at radius 1 is 0.737 bits per heavy atom. The van der Waals surface area contributed by atoms with Crippen molar-refractivity contribution in [2.75, 3.05) is 0 Å². The molecule has 0 aromatic rings. The maximum absolute atomic E-state index is 11.8. The van der Waals surface area contributed by atoms with Crippen LogP contribution in [0.1, 0.15) is 65.2 Å². The fourth-order valence-electron chi connectivity index (χ4n) is 2.11. The zero-order valence-electron chi connectivity index (χ0n) is 11.6. The molecule has 0 unspecified atom stereocenters. The van der Waals surface area contributed by atoms with Crippen molar-refractivity contribution in [3.8, 4) is 0 Å². The molecule has 1 aliphatic rings. The lowest BCUT2D eigenvalue weighted by atomic mass is 10.1. The second-order valence-corrected chi connectivity index (χ2v) is 8.27. The highest BCUT2D eigenvalue weighted by molar-refractivity contribution is 8.18. The van der Waals surface area contributed by atoms with E-state index >= 15 is 0 Å². The fourth-order valence-corrected chi connectivity index (χ4v) is 6.08. The fraction of sp³-hybridized carbons (Fsp3) is 0.833. The lowest BCUT2D eigenvalue weighted by molar-refractivity contribution is 0.603. The standard InChI is InChI=1S/C12H22NO4S2/c1-3-5-7-9-11-12(10-8-6-4-2)19(16,17)13-18(11,14)15/h3-10H2,1-2H3/q-1. The number of rotatable bonds is 8. The highest BCUT2D eigenvalue weighted by Crippen LogP contribution is 2.40. The highest BCUT2D eigenvalue weighted by Gasteiger charge is 2.29. The Kier molecular flexibility index (Phi) is 6.01. The highest BCUT2D eigenvalue weighted by atomic mass is 32.3. The van der Waals surface area contributed by atoms with Gasteiger partial charge in [0.2, 0.25) is 0 Å². The number of hydrogen-bond donors (Lipinski definition) is 0. The minimum absolute atomic E-state index is 0.0389. The molecule has 0 aromatic carbocycles. The van der Waals surface area contributed by atoms with Gasteiger partial charge in [0.15, 0.2) is 0 Å². The molecule has 0 saturated heterocycles. The van der Waals surface area contributed by atoms with Crippen LogP contribution in [0.25, 0.3) is 4.13 Å². The van der Waals surface area contributed by atoms with E-state index in [2.05, 4.69) is 4.13 Å². The molecule has 19 heavy (non-hydrogen) atoms. The zero-order chi connectivity index (χ0) is 14.5. The number of unbranched alkanes of at least 4 members (excludes halogenated alkanes) is 4. The van der Waals surface area contributed by atoms with Crippen molar-refractivity contribution in [1.29, 1.82) is 0 Å². The van der Waals surface area contributed by atoms with Crippen LogP contribution >= 0.6 is 0 Å². The van der Waals surface area contributed by atoms with E-state index in [1.807, 2.05) is 13.8 Å². The molecule has 0 fully saturated rings. The van der Waals surface area contributed by atoms with Crippen LogP contribution in [-0.2, 0) is 20.0 Å². The molecular weight excluding hydrogens is 286 g/mol. The molecule has 0 bridgehead atoms. The Labute approximate surface area is 116 Å². The van der Waals surface area contributed by atoms with Crippen molar-refractivity contribution in [2.24, 2.45) is 0 Å². The Morgan fingerprint density at radius 3 is 1.42 bits per heavy atom. The Balaban J connectivity index is 2.98. The Morgan fingerprint density at radius 2 is 1.11 bits per heavy atom. The summed E-state index contributed by atoms with van der Waals surface area (Å²) < 4.78 is 50.3. The summed E-state index contributed by atoms with van der Waals surface area (Å²) in [5.41, 5.74) is 0. The number of sulfonamides is 2. The molecule has 0 spiro atoms. The van der Waals surface area contributed by atoms with E-state index in [0.29, 0.717) is 25.7 Å². The minimum atomic E-state index is -3.94. The SMILES string of the molecule is CCCCCC1=C(CCCCC)S(=O)(=O)[N-]S1(=O)=O. The first-order valence-corrected chi connectivity index (χ1v) is 9.69. The predicted molar refractivity (Wildman–Crippen MR) is 76.5 cm³/mol. The average Bonchev–Trinajstić information content (AvgIpc) is 2.46. The second-order valence-electron chi connectivity index (χ2n) is 4.79. The minimum Gasteiger partial charge on any atom is -0.428 e. The van der Waals surface area contributed by atoms with E-state index in [0.717, 1.165) is 25.7 Å². The van der Waals surface area contributed by atoms with Gasteiger partial charge in [0.05, 0.1) is 0 Å². The maximum atomic E-state index is 11.8. The van der Waals surface area contributed by atoms with Crippen molar-refractivity contribution < 1.29 is 16.8 Å². The van der Waals surface area contributed by atoms with Gasteiger partial charge < -0.3 is 4.13 Å². The van der Waals surface area contributed by atoms with E-state index in [1.54, 1.807) is 0 Å². The van der Waals surface area contributed by atoms with Gasteiger partial charge in [-0.1, -0.05) is 39.5 Å². The Bertz CT molecular complexity index is 484. The van der Waals surface area contributed by atoms with E-state index in [1.165, 1.54) is 0 Å². The molecule has 0 amide bonds. The van der Waals surface area contributed by atoms with Crippen LogP contribution in [-0.4, -0.2) is 16.8 Å². The Hall–Kier alpha value is -0.400. The summed E-state index contributed by atoms with van der Waals surface area (Å²) in [6.45, 7) is 4.03. The molecule has 0 saturated carbocycles. The first-order chi connectivity index (χ1) is 8.85. The quantitative estimate of drug-likeness (QED) is 0.643. The lowest BCUT2D eigenvalue weighted by Gasteiger charge is -2.10. The third-order valence-corrected chi connectivity index (χ3v) is 6.99. The molecule has 0 aliphatic carbocycles. The van der Waals surface area contributed by atoms with Crippen LogP contribution in [0.5, 0.6) is 0 Å². The van der Waals surface area contributed by atoms with E-state index < -0.39 is 20.0 Å².